The van der Waals surface area contributed by atoms with Gasteiger partial charge < -0.3 is 9.47 Å². The van der Waals surface area contributed by atoms with Crippen molar-refractivity contribution in [1.82, 2.24) is 9.97 Å². The van der Waals surface area contributed by atoms with Gasteiger partial charge in [0, 0.05) is 10.9 Å². The summed E-state index contributed by atoms with van der Waals surface area (Å²) < 4.78 is 10.5. The molecule has 0 unspecified atom stereocenters. The summed E-state index contributed by atoms with van der Waals surface area (Å²) in [4.78, 5) is 20.1. The molecule has 9 nitrogen and oxygen atoms in total. The Kier molecular flexibility index (Phi) is 4.83. The molecule has 1 aliphatic rings. The second-order valence-corrected chi connectivity index (χ2v) is 7.17. The zero-order valence-electron chi connectivity index (χ0n) is 17.0. The van der Waals surface area contributed by atoms with E-state index in [0.717, 1.165) is 27.7 Å². The average molecular weight is 427 g/mol. The SMILES string of the molecule is Cc1ccc2c(-c3ccccc3)nc(NN=Cc3cc4c(cc3[N+](=O)[O-])OCO4)nc2c1. The minimum Gasteiger partial charge on any atom is -0.454 e. The molecule has 5 rings (SSSR count). The lowest BCUT2D eigenvalue weighted by molar-refractivity contribution is -0.385. The van der Waals surface area contributed by atoms with E-state index in [9.17, 15) is 10.1 Å². The number of ether oxygens (including phenoxy) is 2. The topological polar surface area (TPSA) is 112 Å². The van der Waals surface area contributed by atoms with Crippen LogP contribution in [0.5, 0.6) is 11.5 Å². The van der Waals surface area contributed by atoms with E-state index >= 15 is 0 Å². The number of rotatable bonds is 5. The molecule has 0 aliphatic carbocycles. The lowest BCUT2D eigenvalue weighted by Crippen LogP contribution is -2.01. The van der Waals surface area contributed by atoms with E-state index in [1.54, 1.807) is 0 Å². The van der Waals surface area contributed by atoms with Crippen LogP contribution in [0.2, 0.25) is 0 Å². The molecule has 32 heavy (non-hydrogen) atoms. The van der Waals surface area contributed by atoms with Gasteiger partial charge in [0.25, 0.3) is 5.69 Å². The highest BCUT2D eigenvalue weighted by Gasteiger charge is 2.22. The number of nitrogens with one attached hydrogen (secondary N) is 1. The van der Waals surface area contributed by atoms with E-state index in [-0.39, 0.29) is 24.0 Å². The summed E-state index contributed by atoms with van der Waals surface area (Å²) >= 11 is 0. The van der Waals surface area contributed by atoms with Gasteiger partial charge in [-0.1, -0.05) is 42.5 Å². The van der Waals surface area contributed by atoms with Crippen LogP contribution in [-0.2, 0) is 0 Å². The van der Waals surface area contributed by atoms with Crippen molar-refractivity contribution in [3.05, 3.63) is 81.9 Å². The molecule has 0 saturated carbocycles. The Balaban J connectivity index is 1.51. The maximum Gasteiger partial charge on any atom is 0.282 e. The summed E-state index contributed by atoms with van der Waals surface area (Å²) in [5.41, 5.74) is 6.48. The third kappa shape index (κ3) is 3.67. The lowest BCUT2D eigenvalue weighted by Gasteiger charge is -2.09. The number of nitro groups is 1. The zero-order chi connectivity index (χ0) is 22.1. The van der Waals surface area contributed by atoms with E-state index in [2.05, 4.69) is 20.5 Å². The van der Waals surface area contributed by atoms with Gasteiger partial charge in [-0.2, -0.15) is 5.10 Å². The number of hydrogen-bond acceptors (Lipinski definition) is 8. The van der Waals surface area contributed by atoms with Crippen LogP contribution < -0.4 is 14.9 Å². The predicted molar refractivity (Wildman–Crippen MR) is 120 cm³/mol. The summed E-state index contributed by atoms with van der Waals surface area (Å²) in [6.07, 6.45) is 1.34. The van der Waals surface area contributed by atoms with Crippen LogP contribution in [0.25, 0.3) is 22.2 Å². The first-order valence-electron chi connectivity index (χ1n) is 9.79. The minimum atomic E-state index is -0.494. The van der Waals surface area contributed by atoms with Gasteiger partial charge in [0.1, 0.15) is 0 Å². The van der Waals surface area contributed by atoms with Crippen molar-refractivity contribution in [3.8, 4) is 22.8 Å². The molecule has 1 aliphatic heterocycles. The van der Waals surface area contributed by atoms with Crippen LogP contribution >= 0.6 is 0 Å². The van der Waals surface area contributed by atoms with Gasteiger partial charge in [0.05, 0.1) is 34.0 Å². The Morgan fingerprint density at radius 2 is 1.84 bits per heavy atom. The van der Waals surface area contributed by atoms with E-state index in [1.165, 1.54) is 18.3 Å². The molecular weight excluding hydrogens is 410 g/mol. The van der Waals surface area contributed by atoms with Crippen LogP contribution in [0.1, 0.15) is 11.1 Å². The smallest absolute Gasteiger partial charge is 0.282 e. The van der Waals surface area contributed by atoms with Crippen LogP contribution in [0, 0.1) is 17.0 Å². The van der Waals surface area contributed by atoms with Crippen molar-refractivity contribution in [2.75, 3.05) is 12.2 Å². The van der Waals surface area contributed by atoms with Crippen molar-refractivity contribution in [1.29, 1.82) is 0 Å². The largest absolute Gasteiger partial charge is 0.454 e. The van der Waals surface area contributed by atoms with Gasteiger partial charge >= 0.3 is 0 Å². The molecule has 0 saturated heterocycles. The summed E-state index contributed by atoms with van der Waals surface area (Å²) in [5, 5.41) is 16.5. The van der Waals surface area contributed by atoms with Gasteiger partial charge in [-0.15, -0.1) is 0 Å². The number of aromatic nitrogens is 2. The number of aryl methyl sites for hydroxylation is 1. The van der Waals surface area contributed by atoms with E-state index in [0.29, 0.717) is 11.5 Å². The number of nitro benzene ring substituents is 1. The zero-order valence-corrected chi connectivity index (χ0v) is 17.0. The first-order chi connectivity index (χ1) is 15.6. The van der Waals surface area contributed by atoms with Gasteiger partial charge in [0.2, 0.25) is 12.7 Å². The quantitative estimate of drug-likeness (QED) is 0.279. The van der Waals surface area contributed by atoms with Crippen LogP contribution in [0.15, 0.2) is 65.8 Å². The third-order valence-electron chi connectivity index (χ3n) is 4.99. The van der Waals surface area contributed by atoms with Crippen LogP contribution in [0.4, 0.5) is 11.6 Å². The standard InChI is InChI=1S/C23H17N5O4/c1-14-7-8-17-18(9-14)25-23(26-22(17)15-5-3-2-4-6-15)27-24-12-16-10-20-21(32-13-31-20)11-19(16)28(29)30/h2-12H,13H2,1H3,(H,25,26,27). The average Bonchev–Trinajstić information content (AvgIpc) is 3.26. The summed E-state index contributed by atoms with van der Waals surface area (Å²) in [7, 11) is 0. The van der Waals surface area contributed by atoms with Crippen LogP contribution in [0.3, 0.4) is 0 Å². The predicted octanol–water partition coefficient (Wildman–Crippen LogP) is 4.69. The monoisotopic (exact) mass is 427 g/mol. The molecule has 0 amide bonds. The second kappa shape index (κ2) is 7.95. The summed E-state index contributed by atoms with van der Waals surface area (Å²) in [5.74, 6) is 1.05. The number of hydrazone groups is 1. The summed E-state index contributed by atoms with van der Waals surface area (Å²) in [6, 6.07) is 18.6. The Hall–Kier alpha value is -4.53. The molecule has 2 heterocycles. The normalized spacial score (nSPS) is 12.4. The molecule has 4 aromatic rings. The Morgan fingerprint density at radius 3 is 2.62 bits per heavy atom. The molecule has 0 radical (unpaired) electrons. The van der Waals surface area contributed by atoms with Crippen molar-refractivity contribution < 1.29 is 14.4 Å². The summed E-state index contributed by atoms with van der Waals surface area (Å²) in [6.45, 7) is 2.02. The maximum absolute atomic E-state index is 11.4. The van der Waals surface area contributed by atoms with Crippen LogP contribution in [-0.4, -0.2) is 27.9 Å². The molecule has 0 spiro atoms. The minimum absolute atomic E-state index is 0.0257. The molecule has 9 heteroatoms. The molecule has 1 aromatic heterocycles. The van der Waals surface area contributed by atoms with Gasteiger partial charge in [0.15, 0.2) is 11.5 Å². The number of fused-ring (bicyclic) bond motifs is 2. The van der Waals surface area contributed by atoms with E-state index in [4.69, 9.17) is 9.47 Å². The molecule has 0 bridgehead atoms. The Labute approximate surface area is 182 Å². The first-order valence-corrected chi connectivity index (χ1v) is 9.79. The molecule has 0 fully saturated rings. The van der Waals surface area contributed by atoms with E-state index in [1.807, 2.05) is 55.5 Å². The highest BCUT2D eigenvalue weighted by atomic mass is 16.7. The number of benzene rings is 3. The van der Waals surface area contributed by atoms with Crippen molar-refractivity contribution >= 4 is 28.8 Å². The highest BCUT2D eigenvalue weighted by Crippen LogP contribution is 2.37. The molecule has 158 valence electrons. The van der Waals surface area contributed by atoms with E-state index < -0.39 is 4.92 Å². The third-order valence-corrected chi connectivity index (χ3v) is 4.99. The maximum atomic E-state index is 11.4. The molecule has 1 N–H and O–H groups in total. The second-order valence-electron chi connectivity index (χ2n) is 7.17. The fraction of sp³-hybridized carbons (Fsp3) is 0.0870. The fourth-order valence-corrected chi connectivity index (χ4v) is 3.47. The number of hydrogen-bond donors (Lipinski definition) is 1. The fourth-order valence-electron chi connectivity index (χ4n) is 3.47. The molecule has 3 aromatic carbocycles. The van der Waals surface area contributed by atoms with Gasteiger partial charge in [-0.25, -0.2) is 15.4 Å². The first kappa shape index (κ1) is 19.4. The van der Waals surface area contributed by atoms with Gasteiger partial charge in [-0.05, 0) is 24.6 Å². The van der Waals surface area contributed by atoms with Gasteiger partial charge in [-0.3, -0.25) is 10.1 Å². The number of anilines is 1. The van der Waals surface area contributed by atoms with Crippen molar-refractivity contribution in [2.45, 2.75) is 6.92 Å². The molecular formula is C23H17N5O4. The number of nitrogens with zero attached hydrogens (tertiary/aromatic N) is 4. The highest BCUT2D eigenvalue weighted by molar-refractivity contribution is 5.93. The Bertz CT molecular complexity index is 1370. The Morgan fingerprint density at radius 1 is 1.06 bits per heavy atom. The molecule has 0 atom stereocenters. The van der Waals surface area contributed by atoms with Crippen molar-refractivity contribution in [2.24, 2.45) is 5.10 Å². The van der Waals surface area contributed by atoms with Crippen molar-refractivity contribution in [3.63, 3.8) is 0 Å². The lowest BCUT2D eigenvalue weighted by atomic mass is 10.1.